The van der Waals surface area contributed by atoms with Crippen molar-refractivity contribution in [1.29, 1.82) is 0 Å². The van der Waals surface area contributed by atoms with Crippen LogP contribution in [0.5, 0.6) is 11.5 Å². The van der Waals surface area contributed by atoms with E-state index in [0.717, 1.165) is 28.5 Å². The Morgan fingerprint density at radius 3 is 2.62 bits per heavy atom. The third-order valence-corrected chi connectivity index (χ3v) is 4.15. The Labute approximate surface area is 159 Å². The molecule has 0 aliphatic carbocycles. The molecule has 140 valence electrons. The van der Waals surface area contributed by atoms with Crippen LogP contribution in [0.2, 0.25) is 5.02 Å². The Morgan fingerprint density at radius 2 is 1.92 bits per heavy atom. The lowest BCUT2D eigenvalue weighted by molar-refractivity contribution is -0.885. The van der Waals surface area contributed by atoms with Gasteiger partial charge < -0.3 is 19.7 Å². The van der Waals surface area contributed by atoms with E-state index in [0.29, 0.717) is 24.7 Å². The fourth-order valence-electron chi connectivity index (χ4n) is 2.66. The molecule has 5 nitrogen and oxygen atoms in total. The number of hydrogen-bond donors (Lipinski definition) is 2. The second kappa shape index (κ2) is 10.0. The molecule has 0 saturated heterocycles. The summed E-state index contributed by atoms with van der Waals surface area (Å²) in [6, 6.07) is 13.2. The molecule has 2 rings (SSSR count). The van der Waals surface area contributed by atoms with Gasteiger partial charge in [0.15, 0.2) is 6.54 Å². The first kappa shape index (κ1) is 20.1. The van der Waals surface area contributed by atoms with Crippen molar-refractivity contribution in [1.82, 2.24) is 5.32 Å². The zero-order valence-corrected chi connectivity index (χ0v) is 16.2. The van der Waals surface area contributed by atoms with Crippen molar-refractivity contribution in [3.63, 3.8) is 0 Å². The summed E-state index contributed by atoms with van der Waals surface area (Å²) in [5, 5.41) is 3.55. The summed E-state index contributed by atoms with van der Waals surface area (Å²) in [6.07, 6.45) is 0. The van der Waals surface area contributed by atoms with Crippen LogP contribution >= 0.6 is 11.6 Å². The lowest BCUT2D eigenvalue weighted by Gasteiger charge is -2.16. The average molecular weight is 378 g/mol. The highest BCUT2D eigenvalue weighted by molar-refractivity contribution is 6.30. The molecule has 2 aromatic carbocycles. The number of quaternary nitrogens is 1. The third-order valence-electron chi connectivity index (χ3n) is 3.90. The van der Waals surface area contributed by atoms with Crippen LogP contribution in [0.4, 0.5) is 0 Å². The monoisotopic (exact) mass is 377 g/mol. The molecular weight excluding hydrogens is 352 g/mol. The minimum Gasteiger partial charge on any atom is -0.496 e. The quantitative estimate of drug-likeness (QED) is 0.656. The maximum atomic E-state index is 12.1. The van der Waals surface area contributed by atoms with Crippen molar-refractivity contribution in [3.05, 3.63) is 58.6 Å². The number of nitrogens with one attached hydrogen (secondary N) is 2. The van der Waals surface area contributed by atoms with Gasteiger partial charge in [-0.05, 0) is 43.3 Å². The van der Waals surface area contributed by atoms with Crippen LogP contribution in [0, 0.1) is 6.92 Å². The van der Waals surface area contributed by atoms with Crippen molar-refractivity contribution in [3.8, 4) is 11.5 Å². The number of rotatable bonds is 9. The zero-order chi connectivity index (χ0) is 18.9. The highest BCUT2D eigenvalue weighted by Gasteiger charge is 2.13. The standard InChI is InChI=1S/C20H25ClN2O3/c1-15-4-9-19(25-3)16(12-15)13-23(2)14-20(24)22-10-11-26-18-7-5-17(21)6-8-18/h4-9,12H,10-11,13-14H2,1-3H3,(H,22,24)/p+1. The summed E-state index contributed by atoms with van der Waals surface area (Å²) in [4.78, 5) is 13.2. The van der Waals surface area contributed by atoms with Gasteiger partial charge in [0.2, 0.25) is 0 Å². The molecule has 0 radical (unpaired) electrons. The average Bonchev–Trinajstić information content (AvgIpc) is 2.60. The van der Waals surface area contributed by atoms with Gasteiger partial charge in [0.25, 0.3) is 5.91 Å². The highest BCUT2D eigenvalue weighted by atomic mass is 35.5. The second-order valence-electron chi connectivity index (χ2n) is 6.28. The van der Waals surface area contributed by atoms with Crippen LogP contribution in [0.3, 0.4) is 0 Å². The molecule has 2 aromatic rings. The van der Waals surface area contributed by atoms with Gasteiger partial charge in [-0.15, -0.1) is 0 Å². The molecule has 1 amide bonds. The molecule has 0 bridgehead atoms. The molecule has 0 fully saturated rings. The number of benzene rings is 2. The Kier molecular flexibility index (Phi) is 7.75. The van der Waals surface area contributed by atoms with E-state index < -0.39 is 0 Å². The molecule has 0 heterocycles. The normalized spacial score (nSPS) is 11.7. The van der Waals surface area contributed by atoms with E-state index in [1.165, 1.54) is 5.56 Å². The summed E-state index contributed by atoms with van der Waals surface area (Å²) in [7, 11) is 3.66. The van der Waals surface area contributed by atoms with E-state index in [1.807, 2.05) is 26.1 Å². The second-order valence-corrected chi connectivity index (χ2v) is 6.71. The van der Waals surface area contributed by atoms with Crippen LogP contribution in [0.15, 0.2) is 42.5 Å². The van der Waals surface area contributed by atoms with Crippen molar-refractivity contribution in [2.24, 2.45) is 0 Å². The van der Waals surface area contributed by atoms with Gasteiger partial charge in [-0.3, -0.25) is 4.79 Å². The number of likely N-dealkylation sites (N-methyl/N-ethyl adjacent to an activating group) is 1. The molecule has 2 N–H and O–H groups in total. The van der Waals surface area contributed by atoms with Crippen molar-refractivity contribution in [2.45, 2.75) is 13.5 Å². The summed E-state index contributed by atoms with van der Waals surface area (Å²) in [6.45, 7) is 4.03. The van der Waals surface area contributed by atoms with Crippen LogP contribution in [0.25, 0.3) is 0 Å². The zero-order valence-electron chi connectivity index (χ0n) is 15.5. The van der Waals surface area contributed by atoms with Crippen molar-refractivity contribution in [2.75, 3.05) is 33.9 Å². The van der Waals surface area contributed by atoms with E-state index in [9.17, 15) is 4.79 Å². The van der Waals surface area contributed by atoms with Gasteiger partial charge >= 0.3 is 0 Å². The Bertz CT molecular complexity index is 719. The first-order chi connectivity index (χ1) is 12.5. The summed E-state index contributed by atoms with van der Waals surface area (Å²) >= 11 is 5.83. The van der Waals surface area contributed by atoms with Crippen molar-refractivity contribution < 1.29 is 19.2 Å². The Morgan fingerprint density at radius 1 is 1.19 bits per heavy atom. The van der Waals surface area contributed by atoms with Gasteiger partial charge in [0.1, 0.15) is 24.7 Å². The lowest BCUT2D eigenvalue weighted by Crippen LogP contribution is -3.08. The Hall–Kier alpha value is -2.24. The van der Waals surface area contributed by atoms with Crippen LogP contribution in [-0.4, -0.2) is 39.8 Å². The van der Waals surface area contributed by atoms with Crippen LogP contribution in [-0.2, 0) is 11.3 Å². The molecule has 0 aromatic heterocycles. The molecule has 26 heavy (non-hydrogen) atoms. The number of aryl methyl sites for hydroxylation is 1. The minimum atomic E-state index is -0.00572. The van der Waals surface area contributed by atoms with Gasteiger partial charge in [-0.1, -0.05) is 23.2 Å². The topological polar surface area (TPSA) is 52.0 Å². The number of carbonyl (C=O) groups is 1. The molecule has 0 aliphatic rings. The fourth-order valence-corrected chi connectivity index (χ4v) is 2.79. The predicted octanol–water partition coefficient (Wildman–Crippen LogP) is 1.87. The number of halogens is 1. The molecule has 0 aliphatic heterocycles. The highest BCUT2D eigenvalue weighted by Crippen LogP contribution is 2.18. The first-order valence-corrected chi connectivity index (χ1v) is 8.95. The van der Waals surface area contributed by atoms with Crippen LogP contribution in [0.1, 0.15) is 11.1 Å². The van der Waals surface area contributed by atoms with Gasteiger partial charge in [0.05, 0.1) is 20.7 Å². The molecule has 0 saturated carbocycles. The molecule has 1 atom stereocenters. The van der Waals surface area contributed by atoms with E-state index in [-0.39, 0.29) is 5.91 Å². The SMILES string of the molecule is COc1ccc(C)cc1C[NH+](C)CC(=O)NCCOc1ccc(Cl)cc1. The summed E-state index contributed by atoms with van der Waals surface area (Å²) in [5.41, 5.74) is 2.28. The van der Waals surface area contributed by atoms with Gasteiger partial charge in [-0.2, -0.15) is 0 Å². The number of ether oxygens (including phenoxy) is 2. The lowest BCUT2D eigenvalue weighted by atomic mass is 10.1. The largest absolute Gasteiger partial charge is 0.496 e. The summed E-state index contributed by atoms with van der Waals surface area (Å²) in [5.74, 6) is 1.58. The van der Waals surface area contributed by atoms with Crippen molar-refractivity contribution >= 4 is 17.5 Å². The van der Waals surface area contributed by atoms with Gasteiger partial charge in [0, 0.05) is 10.6 Å². The number of carbonyl (C=O) groups excluding carboxylic acids is 1. The van der Waals surface area contributed by atoms with E-state index >= 15 is 0 Å². The molecule has 6 heteroatoms. The summed E-state index contributed by atoms with van der Waals surface area (Å²) < 4.78 is 11.0. The number of amides is 1. The van der Waals surface area contributed by atoms with E-state index in [4.69, 9.17) is 21.1 Å². The van der Waals surface area contributed by atoms with Gasteiger partial charge in [-0.25, -0.2) is 0 Å². The maximum absolute atomic E-state index is 12.1. The molecule has 1 unspecified atom stereocenters. The smallest absolute Gasteiger partial charge is 0.275 e. The fraction of sp³-hybridized carbons (Fsp3) is 0.350. The molecule has 0 spiro atoms. The minimum absolute atomic E-state index is 0.00572. The first-order valence-electron chi connectivity index (χ1n) is 8.58. The number of methoxy groups -OCH3 is 1. The number of hydrogen-bond acceptors (Lipinski definition) is 3. The Balaban J connectivity index is 1.72. The maximum Gasteiger partial charge on any atom is 0.275 e. The predicted molar refractivity (Wildman–Crippen MR) is 103 cm³/mol. The third kappa shape index (κ3) is 6.58. The van der Waals surface area contributed by atoms with Crippen LogP contribution < -0.4 is 19.7 Å². The van der Waals surface area contributed by atoms with E-state index in [1.54, 1.807) is 31.4 Å². The molecular formula is C20H26ClN2O3+. The van der Waals surface area contributed by atoms with E-state index in [2.05, 4.69) is 11.4 Å².